The molecule has 0 aliphatic heterocycles. The molecule has 0 fully saturated rings. The van der Waals surface area contributed by atoms with E-state index in [0.29, 0.717) is 5.76 Å². The van der Waals surface area contributed by atoms with Gasteiger partial charge in [0.25, 0.3) is 0 Å². The lowest BCUT2D eigenvalue weighted by Gasteiger charge is -2.17. The van der Waals surface area contributed by atoms with Gasteiger partial charge in [-0.05, 0) is 40.6 Å². The highest BCUT2D eigenvalue weighted by Gasteiger charge is 2.19. The van der Waals surface area contributed by atoms with Gasteiger partial charge in [0.05, 0.1) is 18.8 Å². The predicted octanol–water partition coefficient (Wildman–Crippen LogP) is 1.56. The van der Waals surface area contributed by atoms with Crippen LogP contribution in [0.1, 0.15) is 17.4 Å². The van der Waals surface area contributed by atoms with E-state index in [-0.39, 0.29) is 19.1 Å². The minimum atomic E-state index is -0.698. The van der Waals surface area contributed by atoms with Crippen LogP contribution in [0.4, 0.5) is 0 Å². The SMILES string of the molecule is O=C(NCc1ccco1)C(=O)NCC(c1ccsc1)n1cccn1. The lowest BCUT2D eigenvalue weighted by Crippen LogP contribution is -2.41. The second-order valence-corrected chi connectivity index (χ2v) is 5.81. The van der Waals surface area contributed by atoms with Gasteiger partial charge in [-0.3, -0.25) is 14.3 Å². The molecule has 2 N–H and O–H groups in total. The summed E-state index contributed by atoms with van der Waals surface area (Å²) < 4.78 is 6.86. The van der Waals surface area contributed by atoms with E-state index in [0.717, 1.165) is 5.56 Å². The third kappa shape index (κ3) is 3.90. The van der Waals surface area contributed by atoms with Crippen molar-refractivity contribution in [2.24, 2.45) is 0 Å². The second-order valence-electron chi connectivity index (χ2n) is 5.03. The molecular formula is C16H16N4O3S. The molecule has 3 aromatic rings. The van der Waals surface area contributed by atoms with E-state index in [1.54, 1.807) is 34.3 Å². The zero-order valence-corrected chi connectivity index (χ0v) is 13.5. The molecule has 124 valence electrons. The molecule has 3 rings (SSSR count). The van der Waals surface area contributed by atoms with Gasteiger partial charge in [-0.2, -0.15) is 16.4 Å². The minimum absolute atomic E-state index is 0.159. The Kier molecular flexibility index (Phi) is 5.07. The van der Waals surface area contributed by atoms with E-state index in [1.807, 2.05) is 29.1 Å². The van der Waals surface area contributed by atoms with Crippen LogP contribution in [0.25, 0.3) is 0 Å². The number of rotatable bonds is 6. The third-order valence-electron chi connectivity index (χ3n) is 3.44. The lowest BCUT2D eigenvalue weighted by atomic mass is 10.1. The number of nitrogens with zero attached hydrogens (tertiary/aromatic N) is 2. The fourth-order valence-corrected chi connectivity index (χ4v) is 2.93. The Bertz CT molecular complexity index is 732. The summed E-state index contributed by atoms with van der Waals surface area (Å²) in [4.78, 5) is 23.8. The second kappa shape index (κ2) is 7.60. The molecule has 1 unspecified atom stereocenters. The van der Waals surface area contributed by atoms with Gasteiger partial charge in [0.15, 0.2) is 0 Å². The van der Waals surface area contributed by atoms with Crippen molar-refractivity contribution in [2.75, 3.05) is 6.54 Å². The Morgan fingerprint density at radius 2 is 2.12 bits per heavy atom. The van der Waals surface area contributed by atoms with Crippen LogP contribution in [-0.4, -0.2) is 28.1 Å². The van der Waals surface area contributed by atoms with Crippen LogP contribution in [0.2, 0.25) is 0 Å². The Balaban J connectivity index is 1.56. The van der Waals surface area contributed by atoms with Crippen LogP contribution in [-0.2, 0) is 16.1 Å². The van der Waals surface area contributed by atoms with Crippen LogP contribution in [0.5, 0.6) is 0 Å². The molecule has 2 amide bonds. The number of thiophene rings is 1. The number of furan rings is 1. The number of aromatic nitrogens is 2. The number of carbonyl (C=O) groups excluding carboxylic acids is 2. The van der Waals surface area contributed by atoms with Crippen LogP contribution in [0.3, 0.4) is 0 Å². The van der Waals surface area contributed by atoms with Crippen molar-refractivity contribution in [1.82, 2.24) is 20.4 Å². The highest BCUT2D eigenvalue weighted by atomic mass is 32.1. The molecule has 0 saturated carbocycles. The quantitative estimate of drug-likeness (QED) is 0.664. The Morgan fingerprint density at radius 3 is 2.79 bits per heavy atom. The summed E-state index contributed by atoms with van der Waals surface area (Å²) in [6, 6.07) is 7.07. The number of amides is 2. The molecule has 0 saturated heterocycles. The number of nitrogens with one attached hydrogen (secondary N) is 2. The van der Waals surface area contributed by atoms with Gasteiger partial charge in [0, 0.05) is 18.9 Å². The van der Waals surface area contributed by atoms with E-state index in [1.165, 1.54) is 6.26 Å². The monoisotopic (exact) mass is 344 g/mol. The molecule has 0 bridgehead atoms. The van der Waals surface area contributed by atoms with Crippen molar-refractivity contribution in [3.63, 3.8) is 0 Å². The largest absolute Gasteiger partial charge is 0.467 e. The maximum Gasteiger partial charge on any atom is 0.309 e. The van der Waals surface area contributed by atoms with Gasteiger partial charge in [-0.1, -0.05) is 0 Å². The van der Waals surface area contributed by atoms with Crippen LogP contribution >= 0.6 is 11.3 Å². The summed E-state index contributed by atoms with van der Waals surface area (Å²) >= 11 is 1.57. The molecule has 8 heteroatoms. The molecule has 1 atom stereocenters. The molecule has 24 heavy (non-hydrogen) atoms. The minimum Gasteiger partial charge on any atom is -0.467 e. The van der Waals surface area contributed by atoms with Gasteiger partial charge in [-0.15, -0.1) is 0 Å². The summed E-state index contributed by atoms with van der Waals surface area (Å²) in [5, 5.41) is 13.3. The van der Waals surface area contributed by atoms with Crippen LogP contribution in [0.15, 0.2) is 58.1 Å². The zero-order chi connectivity index (χ0) is 16.8. The van der Waals surface area contributed by atoms with Gasteiger partial charge >= 0.3 is 11.8 Å². The normalized spacial score (nSPS) is 11.8. The first-order valence-corrected chi connectivity index (χ1v) is 8.28. The predicted molar refractivity (Wildman–Crippen MR) is 88.2 cm³/mol. The highest BCUT2D eigenvalue weighted by Crippen LogP contribution is 2.19. The molecule has 0 spiro atoms. The van der Waals surface area contributed by atoms with Crippen LogP contribution in [0, 0.1) is 0 Å². The van der Waals surface area contributed by atoms with Crippen molar-refractivity contribution >= 4 is 23.2 Å². The van der Waals surface area contributed by atoms with Crippen LogP contribution < -0.4 is 10.6 Å². The Hall–Kier alpha value is -2.87. The van der Waals surface area contributed by atoms with Crippen molar-refractivity contribution in [3.8, 4) is 0 Å². The maximum absolute atomic E-state index is 12.0. The first kappa shape index (κ1) is 16.0. The lowest BCUT2D eigenvalue weighted by molar-refractivity contribution is -0.139. The molecule has 3 heterocycles. The summed E-state index contributed by atoms with van der Waals surface area (Å²) in [7, 11) is 0. The van der Waals surface area contributed by atoms with E-state index >= 15 is 0 Å². The highest BCUT2D eigenvalue weighted by molar-refractivity contribution is 7.07. The molecule has 0 aromatic carbocycles. The van der Waals surface area contributed by atoms with E-state index in [4.69, 9.17) is 4.42 Å². The summed E-state index contributed by atoms with van der Waals surface area (Å²) in [6.45, 7) is 0.442. The smallest absolute Gasteiger partial charge is 0.309 e. The number of hydrogen-bond acceptors (Lipinski definition) is 5. The summed E-state index contributed by atoms with van der Waals surface area (Å²) in [6.07, 6.45) is 5.01. The fraction of sp³-hybridized carbons (Fsp3) is 0.188. The molecule has 7 nitrogen and oxygen atoms in total. The standard InChI is InChI=1S/C16H16N4O3S/c21-15(17-9-13-3-1-7-23-13)16(22)18-10-14(12-4-8-24-11-12)20-6-2-5-19-20/h1-8,11,14H,9-10H2,(H,17,21)(H,18,22). The average molecular weight is 344 g/mol. The Labute approximate surface area is 142 Å². The van der Waals surface area contributed by atoms with E-state index in [2.05, 4.69) is 15.7 Å². The average Bonchev–Trinajstić information content (AvgIpc) is 3.35. The van der Waals surface area contributed by atoms with Gasteiger partial charge in [0.1, 0.15) is 5.76 Å². The molecular weight excluding hydrogens is 328 g/mol. The number of carbonyl (C=O) groups is 2. The van der Waals surface area contributed by atoms with Crippen molar-refractivity contribution in [3.05, 3.63) is 65.0 Å². The van der Waals surface area contributed by atoms with Gasteiger partial charge in [-0.25, -0.2) is 0 Å². The number of hydrogen-bond donors (Lipinski definition) is 2. The molecule has 3 aromatic heterocycles. The zero-order valence-electron chi connectivity index (χ0n) is 12.7. The molecule has 0 radical (unpaired) electrons. The topological polar surface area (TPSA) is 89.2 Å². The first-order valence-electron chi connectivity index (χ1n) is 7.33. The third-order valence-corrected chi connectivity index (χ3v) is 4.14. The van der Waals surface area contributed by atoms with E-state index < -0.39 is 11.8 Å². The molecule has 0 aliphatic rings. The van der Waals surface area contributed by atoms with Gasteiger partial charge < -0.3 is 15.1 Å². The first-order chi connectivity index (χ1) is 11.7. The summed E-state index contributed by atoms with van der Waals surface area (Å²) in [5.74, 6) is -0.797. The van der Waals surface area contributed by atoms with Crippen molar-refractivity contribution in [2.45, 2.75) is 12.6 Å². The van der Waals surface area contributed by atoms with Crippen molar-refractivity contribution in [1.29, 1.82) is 0 Å². The van der Waals surface area contributed by atoms with E-state index in [9.17, 15) is 9.59 Å². The Morgan fingerprint density at radius 1 is 1.25 bits per heavy atom. The summed E-state index contributed by atoms with van der Waals surface area (Å²) in [5.41, 5.74) is 1.03. The van der Waals surface area contributed by atoms with Gasteiger partial charge in [0.2, 0.25) is 0 Å². The molecule has 0 aliphatic carbocycles. The maximum atomic E-state index is 12.0. The van der Waals surface area contributed by atoms with Crippen molar-refractivity contribution < 1.29 is 14.0 Å². The fourth-order valence-electron chi connectivity index (χ4n) is 2.22.